The summed E-state index contributed by atoms with van der Waals surface area (Å²) in [6.07, 6.45) is -1.10. The molecule has 4 nitrogen and oxygen atoms in total. The topological polar surface area (TPSA) is 57.4 Å². The molecule has 0 saturated carbocycles. The number of nitrogens with zero attached hydrogens (tertiary/aromatic N) is 2. The average molecular weight is 351 g/mol. The number of rotatable bonds is 3. The summed E-state index contributed by atoms with van der Waals surface area (Å²) >= 11 is 1.31. The van der Waals surface area contributed by atoms with Gasteiger partial charge < -0.3 is 4.74 Å². The lowest BCUT2D eigenvalue weighted by molar-refractivity contribution is -0.274. The van der Waals surface area contributed by atoms with Gasteiger partial charge in [0, 0.05) is 0 Å². The minimum absolute atomic E-state index is 0.264. The van der Waals surface area contributed by atoms with Crippen LogP contribution in [0.1, 0.15) is 0 Å². The fraction of sp³-hybridized carbons (Fsp3) is 0.125. The van der Waals surface area contributed by atoms with Crippen LogP contribution in [0, 0.1) is 11.5 Å². The van der Waals surface area contributed by atoms with Crippen LogP contribution in [0.3, 0.4) is 0 Å². The molecule has 0 radical (unpaired) electrons. The Hall–Kier alpha value is -2.66. The first-order valence-electron chi connectivity index (χ1n) is 6.65. The zero-order valence-electron chi connectivity index (χ0n) is 12.5. The maximum Gasteiger partial charge on any atom is 0.573 e. The third kappa shape index (κ3) is 5.21. The Morgan fingerprint density at radius 1 is 1.08 bits per heavy atom. The maximum atomic E-state index is 12.1. The lowest BCUT2D eigenvalue weighted by atomic mass is 10.1. The van der Waals surface area contributed by atoms with E-state index in [9.17, 15) is 13.2 Å². The highest BCUT2D eigenvalue weighted by Crippen LogP contribution is 2.27. The van der Waals surface area contributed by atoms with Crippen LogP contribution >= 0.6 is 11.8 Å². The number of hydrogen-bond donors (Lipinski definition) is 1. The van der Waals surface area contributed by atoms with Crippen LogP contribution in [0.4, 0.5) is 18.9 Å². The molecule has 124 valence electrons. The van der Waals surface area contributed by atoms with Gasteiger partial charge in [0.2, 0.25) is 0 Å². The second-order valence-corrected chi connectivity index (χ2v) is 5.27. The Balaban J connectivity index is 2.15. The molecule has 2 rings (SSSR count). The van der Waals surface area contributed by atoms with Gasteiger partial charge in [-0.15, -0.1) is 13.2 Å². The molecule has 2 aromatic carbocycles. The summed E-state index contributed by atoms with van der Waals surface area (Å²) in [5.74, 6) is -0.264. The van der Waals surface area contributed by atoms with Gasteiger partial charge in [0.05, 0.1) is 5.69 Å². The summed E-state index contributed by atoms with van der Waals surface area (Å²) < 4.78 is 40.2. The van der Waals surface area contributed by atoms with E-state index in [1.165, 1.54) is 23.9 Å². The second kappa shape index (κ2) is 7.75. The number of hydrogen-bond acceptors (Lipinski definition) is 4. The van der Waals surface area contributed by atoms with Gasteiger partial charge >= 0.3 is 6.36 Å². The molecule has 0 aliphatic carbocycles. The predicted octanol–water partition coefficient (Wildman–Crippen LogP) is 4.67. The fourth-order valence-corrected chi connectivity index (χ4v) is 2.21. The van der Waals surface area contributed by atoms with Crippen LogP contribution in [0.5, 0.6) is 5.75 Å². The lowest BCUT2D eigenvalue weighted by Gasteiger charge is -2.09. The molecule has 2 aromatic rings. The minimum Gasteiger partial charge on any atom is -0.406 e. The molecule has 8 heteroatoms. The van der Waals surface area contributed by atoms with Crippen molar-refractivity contribution in [1.82, 2.24) is 5.32 Å². The normalized spacial score (nSPS) is 11.7. The Morgan fingerprint density at radius 2 is 1.62 bits per heavy atom. The Labute approximate surface area is 141 Å². The summed E-state index contributed by atoms with van der Waals surface area (Å²) in [6.45, 7) is 0. The van der Waals surface area contributed by atoms with Gasteiger partial charge in [-0.1, -0.05) is 36.0 Å². The number of nitrogens with one attached hydrogen (secondary N) is 1. The maximum absolute atomic E-state index is 12.1. The van der Waals surface area contributed by atoms with Crippen molar-refractivity contribution in [2.75, 3.05) is 6.26 Å². The number of nitriles is 1. The molecule has 0 aliphatic heterocycles. The smallest absolute Gasteiger partial charge is 0.406 e. The predicted molar refractivity (Wildman–Crippen MR) is 87.9 cm³/mol. The molecule has 24 heavy (non-hydrogen) atoms. The Morgan fingerprint density at radius 3 is 2.08 bits per heavy atom. The lowest BCUT2D eigenvalue weighted by Crippen LogP contribution is -2.16. The largest absolute Gasteiger partial charge is 0.573 e. The van der Waals surface area contributed by atoms with Crippen LogP contribution in [-0.2, 0) is 0 Å². The number of halogens is 3. The van der Waals surface area contributed by atoms with Gasteiger partial charge in [0.1, 0.15) is 5.75 Å². The van der Waals surface area contributed by atoms with E-state index in [4.69, 9.17) is 5.26 Å². The van der Waals surface area contributed by atoms with Crippen LogP contribution in [0.2, 0.25) is 0 Å². The highest BCUT2D eigenvalue weighted by Gasteiger charge is 2.30. The van der Waals surface area contributed by atoms with Gasteiger partial charge in [-0.25, -0.2) is 4.99 Å². The number of thioether (sulfide) groups is 1. The summed E-state index contributed by atoms with van der Waals surface area (Å²) in [6, 6.07) is 12.7. The third-order valence-electron chi connectivity index (χ3n) is 2.88. The first kappa shape index (κ1) is 17.7. The van der Waals surface area contributed by atoms with Crippen molar-refractivity contribution in [3.05, 3.63) is 48.5 Å². The molecule has 0 aliphatic rings. The third-order valence-corrected chi connectivity index (χ3v) is 3.46. The summed E-state index contributed by atoms with van der Waals surface area (Å²) in [7, 11) is 0. The van der Waals surface area contributed by atoms with Crippen molar-refractivity contribution < 1.29 is 17.9 Å². The number of alkyl halides is 3. The van der Waals surface area contributed by atoms with E-state index in [0.717, 1.165) is 11.1 Å². The van der Waals surface area contributed by atoms with Crippen LogP contribution in [0.25, 0.3) is 11.1 Å². The molecule has 1 N–H and O–H groups in total. The van der Waals surface area contributed by atoms with Gasteiger partial charge in [-0.3, -0.25) is 5.32 Å². The molecule has 0 heterocycles. The number of benzene rings is 2. The highest BCUT2D eigenvalue weighted by molar-refractivity contribution is 8.13. The van der Waals surface area contributed by atoms with E-state index >= 15 is 0 Å². The van der Waals surface area contributed by atoms with E-state index in [-0.39, 0.29) is 5.75 Å². The molecule has 0 amide bonds. The van der Waals surface area contributed by atoms with Crippen molar-refractivity contribution in [2.24, 2.45) is 4.99 Å². The first-order chi connectivity index (χ1) is 11.4. The van der Waals surface area contributed by atoms with Crippen molar-refractivity contribution >= 4 is 22.6 Å². The molecular weight excluding hydrogens is 339 g/mol. The highest BCUT2D eigenvalue weighted by atomic mass is 32.2. The SMILES string of the molecule is CSC(=Nc1ccc(-c2ccc(OC(F)(F)F)cc2)cc1)NC#N. The van der Waals surface area contributed by atoms with Crippen molar-refractivity contribution in [1.29, 1.82) is 5.26 Å². The molecule has 0 atom stereocenters. The van der Waals surface area contributed by atoms with E-state index in [1.54, 1.807) is 48.8 Å². The zero-order valence-corrected chi connectivity index (χ0v) is 13.3. The standard InChI is InChI=1S/C16H12F3N3OS/c1-24-15(21-10-20)22-13-6-2-11(3-7-13)12-4-8-14(9-5-12)23-16(17,18)19/h2-9H,1H3,(H,21,22). The minimum atomic E-state index is -4.70. The van der Waals surface area contributed by atoms with Crippen molar-refractivity contribution in [3.8, 4) is 23.1 Å². The number of ether oxygens (including phenoxy) is 1. The van der Waals surface area contributed by atoms with E-state index in [1.807, 2.05) is 0 Å². The molecule has 0 unspecified atom stereocenters. The van der Waals surface area contributed by atoms with Gasteiger partial charge in [-0.2, -0.15) is 5.26 Å². The quantitative estimate of drug-likeness (QED) is 0.378. The van der Waals surface area contributed by atoms with E-state index < -0.39 is 6.36 Å². The molecule has 0 aromatic heterocycles. The van der Waals surface area contributed by atoms with Crippen molar-refractivity contribution in [2.45, 2.75) is 6.36 Å². The number of amidine groups is 1. The number of aliphatic imine (C=N–C) groups is 1. The van der Waals surface area contributed by atoms with Crippen LogP contribution < -0.4 is 10.1 Å². The summed E-state index contributed by atoms with van der Waals surface area (Å²) in [5.41, 5.74) is 2.23. The summed E-state index contributed by atoms with van der Waals surface area (Å²) in [5, 5.41) is 11.5. The molecule has 0 fully saturated rings. The second-order valence-electron chi connectivity index (χ2n) is 4.48. The average Bonchev–Trinajstić information content (AvgIpc) is 2.54. The van der Waals surface area contributed by atoms with E-state index in [2.05, 4.69) is 15.0 Å². The van der Waals surface area contributed by atoms with Gasteiger partial charge in [0.15, 0.2) is 11.4 Å². The van der Waals surface area contributed by atoms with Gasteiger partial charge in [0.25, 0.3) is 0 Å². The first-order valence-corrected chi connectivity index (χ1v) is 7.88. The van der Waals surface area contributed by atoms with Crippen LogP contribution in [-0.4, -0.2) is 17.8 Å². The molecule has 0 spiro atoms. The van der Waals surface area contributed by atoms with E-state index in [0.29, 0.717) is 10.9 Å². The fourth-order valence-electron chi connectivity index (χ4n) is 1.87. The Bertz CT molecular complexity index is 750. The summed E-state index contributed by atoms with van der Waals surface area (Å²) in [4.78, 5) is 4.26. The monoisotopic (exact) mass is 351 g/mol. The molecule has 0 bridgehead atoms. The molecule has 0 saturated heterocycles. The Kier molecular flexibility index (Phi) is 5.71. The van der Waals surface area contributed by atoms with Crippen molar-refractivity contribution in [3.63, 3.8) is 0 Å². The zero-order chi connectivity index (χ0) is 17.6. The van der Waals surface area contributed by atoms with Gasteiger partial charge in [-0.05, 0) is 41.6 Å². The van der Waals surface area contributed by atoms with Crippen LogP contribution in [0.15, 0.2) is 53.5 Å². The molecular formula is C16H12F3N3OS.